The molecule has 0 aromatic heterocycles. The monoisotopic (exact) mass is 732 g/mol. The third-order valence-corrected chi connectivity index (χ3v) is 14.4. The second-order valence-electron chi connectivity index (χ2n) is 14.6. The average molecular weight is 733 g/mol. The maximum Gasteiger partial charge on any atom is 0.166 e. The number of rotatable bonds is 10. The first kappa shape index (κ1) is 37.6. The van der Waals surface area contributed by atoms with E-state index in [2.05, 4.69) is 167 Å². The number of benzene rings is 7. The Morgan fingerprint density at radius 3 is 1.64 bits per heavy atom. The zero-order valence-corrected chi connectivity index (χ0v) is 33.6. The van der Waals surface area contributed by atoms with Crippen LogP contribution < -0.4 is 10.6 Å². The SMILES string of the molecule is C/C=C\C=C(/C)P(=O)(c1ccccc1)c1ccc(C(c2ccc(-c3ccc(C)cc3)cc2)(c2ccccc2C)c2cccc(-c3ccccc3C)c2C)cc1. The van der Waals surface area contributed by atoms with Gasteiger partial charge >= 0.3 is 0 Å². The number of allylic oxidation sites excluding steroid dienone is 4. The molecule has 0 aliphatic heterocycles. The molecule has 7 aromatic rings. The van der Waals surface area contributed by atoms with Crippen molar-refractivity contribution in [3.63, 3.8) is 0 Å². The first-order valence-corrected chi connectivity index (χ1v) is 20.9. The highest BCUT2D eigenvalue weighted by Crippen LogP contribution is 2.53. The quantitative estimate of drug-likeness (QED) is 0.0777. The third kappa shape index (κ3) is 6.91. The maximum absolute atomic E-state index is 15.4. The molecule has 0 spiro atoms. The van der Waals surface area contributed by atoms with Crippen molar-refractivity contribution in [1.82, 2.24) is 0 Å². The highest BCUT2D eigenvalue weighted by atomic mass is 31.2. The maximum atomic E-state index is 15.4. The predicted octanol–water partition coefficient (Wildman–Crippen LogP) is 13.4. The fourth-order valence-corrected chi connectivity index (χ4v) is 10.8. The van der Waals surface area contributed by atoms with E-state index in [9.17, 15) is 0 Å². The fourth-order valence-electron chi connectivity index (χ4n) is 8.25. The van der Waals surface area contributed by atoms with Crippen LogP contribution in [0.2, 0.25) is 0 Å². The Bertz CT molecular complexity index is 2540. The van der Waals surface area contributed by atoms with Gasteiger partial charge in [-0.3, -0.25) is 0 Å². The zero-order valence-electron chi connectivity index (χ0n) is 32.8. The predicted molar refractivity (Wildman–Crippen MR) is 236 cm³/mol. The summed E-state index contributed by atoms with van der Waals surface area (Å²) < 4.78 is 15.4. The number of hydrogen-bond acceptors (Lipinski definition) is 1. The van der Waals surface area contributed by atoms with Gasteiger partial charge in [-0.1, -0.05) is 194 Å². The molecule has 2 atom stereocenters. The summed E-state index contributed by atoms with van der Waals surface area (Å²) in [5.74, 6) is 0. The molecule has 7 rings (SSSR count). The van der Waals surface area contributed by atoms with Gasteiger partial charge in [-0.25, -0.2) is 0 Å². The van der Waals surface area contributed by atoms with Crippen molar-refractivity contribution in [3.8, 4) is 22.3 Å². The molecule has 0 heterocycles. The fraction of sp³-hybridized carbons (Fsp3) is 0.132. The summed E-state index contributed by atoms with van der Waals surface area (Å²) in [6, 6.07) is 60.7. The van der Waals surface area contributed by atoms with Gasteiger partial charge in [0.2, 0.25) is 0 Å². The molecule has 7 aromatic carbocycles. The molecule has 0 radical (unpaired) electrons. The van der Waals surface area contributed by atoms with E-state index < -0.39 is 12.6 Å². The molecule has 0 bridgehead atoms. The highest BCUT2D eigenvalue weighted by Gasteiger charge is 2.41. The first-order valence-electron chi connectivity index (χ1n) is 19.2. The van der Waals surface area contributed by atoms with Crippen molar-refractivity contribution in [2.24, 2.45) is 0 Å². The minimum Gasteiger partial charge on any atom is -0.309 e. The Morgan fingerprint density at radius 1 is 0.509 bits per heavy atom. The van der Waals surface area contributed by atoms with Crippen LogP contribution in [0.4, 0.5) is 0 Å². The summed E-state index contributed by atoms with van der Waals surface area (Å²) in [6.07, 6.45) is 5.96. The van der Waals surface area contributed by atoms with Gasteiger partial charge in [0, 0.05) is 10.6 Å². The molecule has 0 saturated heterocycles. The Labute approximate surface area is 328 Å². The van der Waals surface area contributed by atoms with Crippen LogP contribution in [0.25, 0.3) is 22.3 Å². The molecule has 0 N–H and O–H groups in total. The van der Waals surface area contributed by atoms with Crippen LogP contribution in [0.3, 0.4) is 0 Å². The summed E-state index contributed by atoms with van der Waals surface area (Å²) in [7, 11) is -3.14. The van der Waals surface area contributed by atoms with Crippen molar-refractivity contribution in [2.45, 2.75) is 47.0 Å². The molecule has 1 nitrogen and oxygen atoms in total. The Hall–Kier alpha value is -5.75. The van der Waals surface area contributed by atoms with Crippen LogP contribution in [0.15, 0.2) is 193 Å². The van der Waals surface area contributed by atoms with E-state index in [0.29, 0.717) is 0 Å². The summed E-state index contributed by atoms with van der Waals surface area (Å²) in [5, 5.41) is 2.50. The van der Waals surface area contributed by atoms with E-state index in [0.717, 1.165) is 21.5 Å². The van der Waals surface area contributed by atoms with Crippen LogP contribution in [0.5, 0.6) is 0 Å². The molecule has 272 valence electrons. The van der Waals surface area contributed by atoms with E-state index in [-0.39, 0.29) is 0 Å². The Morgan fingerprint density at radius 2 is 1.02 bits per heavy atom. The molecule has 0 amide bonds. The van der Waals surface area contributed by atoms with E-state index in [1.807, 2.05) is 62.4 Å². The lowest BCUT2D eigenvalue weighted by atomic mass is 9.62. The van der Waals surface area contributed by atoms with Crippen molar-refractivity contribution < 1.29 is 4.57 Å². The average Bonchev–Trinajstić information content (AvgIpc) is 3.22. The summed E-state index contributed by atoms with van der Waals surface area (Å²) in [4.78, 5) is 0. The van der Waals surface area contributed by atoms with E-state index in [4.69, 9.17) is 0 Å². The van der Waals surface area contributed by atoms with Crippen molar-refractivity contribution in [2.75, 3.05) is 0 Å². The second kappa shape index (κ2) is 15.9. The van der Waals surface area contributed by atoms with Gasteiger partial charge in [-0.15, -0.1) is 0 Å². The standard InChI is InChI=1S/C53H49OP/c1-7-8-19-41(5)55(54,47-20-10-9-11-21-47)48-36-34-46(35-37-48)53(51-24-15-13-18-40(51)4,45-32-30-44(31-33-45)43-28-26-38(2)27-29-43)52-25-16-23-50(42(52)6)49-22-14-12-17-39(49)3/h7-37H,1-6H3/b8-7-,41-19+. The van der Waals surface area contributed by atoms with E-state index >= 15 is 4.57 Å². The zero-order chi connectivity index (χ0) is 38.6. The summed E-state index contributed by atoms with van der Waals surface area (Å²) in [5.41, 5.74) is 13.8. The Kier molecular flexibility index (Phi) is 10.9. The van der Waals surface area contributed by atoms with Gasteiger partial charge in [0.15, 0.2) is 7.14 Å². The molecule has 2 heteroatoms. The van der Waals surface area contributed by atoms with Gasteiger partial charge in [-0.05, 0) is 108 Å². The van der Waals surface area contributed by atoms with Crippen molar-refractivity contribution >= 4 is 17.8 Å². The minimum atomic E-state index is -3.14. The normalized spacial score (nSPS) is 14.0. The molecule has 0 saturated carbocycles. The lowest BCUT2D eigenvalue weighted by molar-refractivity contribution is 0.590. The van der Waals surface area contributed by atoms with Crippen LogP contribution in [0, 0.1) is 27.7 Å². The first-order chi connectivity index (χ1) is 26.7. The smallest absolute Gasteiger partial charge is 0.166 e. The largest absolute Gasteiger partial charge is 0.309 e. The Balaban J connectivity index is 1.54. The molecule has 55 heavy (non-hydrogen) atoms. The summed E-state index contributed by atoms with van der Waals surface area (Å²) >= 11 is 0. The third-order valence-electron chi connectivity index (χ3n) is 11.2. The van der Waals surface area contributed by atoms with Crippen LogP contribution in [-0.4, -0.2) is 0 Å². The molecule has 0 aliphatic carbocycles. The second-order valence-corrected chi connectivity index (χ2v) is 17.6. The van der Waals surface area contributed by atoms with Crippen molar-refractivity contribution in [1.29, 1.82) is 0 Å². The summed E-state index contributed by atoms with van der Waals surface area (Å²) in [6.45, 7) is 12.8. The van der Waals surface area contributed by atoms with Gasteiger partial charge in [0.1, 0.15) is 0 Å². The minimum absolute atomic E-state index is 0.703. The molecule has 0 aliphatic rings. The van der Waals surface area contributed by atoms with E-state index in [1.54, 1.807) is 0 Å². The van der Waals surface area contributed by atoms with Gasteiger partial charge < -0.3 is 4.57 Å². The molecule has 0 fully saturated rings. The van der Waals surface area contributed by atoms with Crippen LogP contribution in [0.1, 0.15) is 58.4 Å². The molecular weight excluding hydrogens is 684 g/mol. The highest BCUT2D eigenvalue weighted by molar-refractivity contribution is 7.82. The van der Waals surface area contributed by atoms with Gasteiger partial charge in [-0.2, -0.15) is 0 Å². The van der Waals surface area contributed by atoms with Crippen LogP contribution in [-0.2, 0) is 9.98 Å². The lowest BCUT2D eigenvalue weighted by Crippen LogP contribution is -2.33. The van der Waals surface area contributed by atoms with E-state index in [1.165, 1.54) is 61.2 Å². The van der Waals surface area contributed by atoms with Crippen molar-refractivity contribution in [3.05, 3.63) is 238 Å². The van der Waals surface area contributed by atoms with Gasteiger partial charge in [0.05, 0.1) is 5.41 Å². The van der Waals surface area contributed by atoms with Crippen LogP contribution >= 0.6 is 7.14 Å². The molecular formula is C53H49OP. The lowest BCUT2D eigenvalue weighted by Gasteiger charge is -2.39. The van der Waals surface area contributed by atoms with Gasteiger partial charge in [0.25, 0.3) is 0 Å². The molecule has 2 unspecified atom stereocenters. The topological polar surface area (TPSA) is 17.1 Å². The number of aryl methyl sites for hydroxylation is 3. The number of hydrogen-bond donors (Lipinski definition) is 0.